The number of hydrogen-bond acceptors (Lipinski definition) is 4. The van der Waals surface area contributed by atoms with Gasteiger partial charge in [0, 0.05) is 6.54 Å². The Kier molecular flexibility index (Phi) is 6.83. The molecule has 0 spiro atoms. The van der Waals surface area contributed by atoms with Crippen molar-refractivity contribution in [2.75, 3.05) is 46.6 Å². The Hall–Kier alpha value is -1.26. The van der Waals surface area contributed by atoms with E-state index in [1.807, 2.05) is 24.3 Å². The van der Waals surface area contributed by atoms with E-state index >= 15 is 0 Å². The molecule has 1 fully saturated rings. The summed E-state index contributed by atoms with van der Waals surface area (Å²) in [6, 6.07) is 7.68. The zero-order valence-electron chi connectivity index (χ0n) is 13.2. The number of methoxy groups -OCH3 is 1. The smallest absolute Gasteiger partial charge is 0.161 e. The summed E-state index contributed by atoms with van der Waals surface area (Å²) in [6.07, 6.45) is 2.63. The van der Waals surface area contributed by atoms with Gasteiger partial charge in [0.25, 0.3) is 0 Å². The lowest BCUT2D eigenvalue weighted by molar-refractivity contribution is 0.0703. The summed E-state index contributed by atoms with van der Waals surface area (Å²) in [6.45, 7) is 7.73. The highest BCUT2D eigenvalue weighted by molar-refractivity contribution is 5.39. The first kappa shape index (κ1) is 16.1. The minimum Gasteiger partial charge on any atom is -0.493 e. The summed E-state index contributed by atoms with van der Waals surface area (Å²) in [5.41, 5.74) is 0. The molecule has 118 valence electrons. The summed E-state index contributed by atoms with van der Waals surface area (Å²) in [4.78, 5) is 2.49. The van der Waals surface area contributed by atoms with Crippen LogP contribution in [0.25, 0.3) is 0 Å². The van der Waals surface area contributed by atoms with E-state index in [1.54, 1.807) is 7.11 Å². The summed E-state index contributed by atoms with van der Waals surface area (Å²) in [5, 5.41) is 0. The van der Waals surface area contributed by atoms with Crippen LogP contribution in [0, 0.1) is 5.92 Å². The predicted octanol–water partition coefficient (Wildman–Crippen LogP) is 2.82. The largest absolute Gasteiger partial charge is 0.493 e. The number of ether oxygens (including phenoxy) is 3. The molecule has 1 aliphatic rings. The maximum Gasteiger partial charge on any atom is 0.161 e. The molecule has 0 atom stereocenters. The molecule has 1 aromatic carbocycles. The minimum atomic E-state index is 0.553. The van der Waals surface area contributed by atoms with E-state index in [0.29, 0.717) is 13.2 Å². The molecule has 1 aromatic rings. The van der Waals surface area contributed by atoms with E-state index in [1.165, 1.54) is 25.9 Å². The van der Waals surface area contributed by atoms with Crippen LogP contribution in [0.2, 0.25) is 0 Å². The van der Waals surface area contributed by atoms with E-state index < -0.39 is 0 Å². The third-order valence-corrected chi connectivity index (χ3v) is 3.98. The topological polar surface area (TPSA) is 30.9 Å². The van der Waals surface area contributed by atoms with E-state index in [2.05, 4.69) is 11.8 Å². The number of nitrogens with zero attached hydrogens (tertiary/aromatic N) is 1. The first-order chi connectivity index (χ1) is 10.3. The predicted molar refractivity (Wildman–Crippen MR) is 84.1 cm³/mol. The van der Waals surface area contributed by atoms with Crippen molar-refractivity contribution in [3.05, 3.63) is 24.3 Å². The highest BCUT2D eigenvalue weighted by Gasteiger charge is 2.14. The van der Waals surface area contributed by atoms with Crippen LogP contribution in [0.3, 0.4) is 0 Å². The summed E-state index contributed by atoms with van der Waals surface area (Å²) in [7, 11) is 1.65. The monoisotopic (exact) mass is 293 g/mol. The van der Waals surface area contributed by atoms with Gasteiger partial charge in [-0.25, -0.2) is 0 Å². The van der Waals surface area contributed by atoms with E-state index in [4.69, 9.17) is 14.2 Å². The first-order valence-corrected chi connectivity index (χ1v) is 7.85. The number of benzene rings is 1. The highest BCUT2D eigenvalue weighted by atomic mass is 16.5. The van der Waals surface area contributed by atoms with Gasteiger partial charge in [0.05, 0.1) is 20.3 Å². The van der Waals surface area contributed by atoms with Crippen LogP contribution in [-0.2, 0) is 4.74 Å². The number of likely N-dealkylation sites (tertiary alicyclic amines) is 1. The van der Waals surface area contributed by atoms with Gasteiger partial charge in [-0.3, -0.25) is 0 Å². The molecule has 21 heavy (non-hydrogen) atoms. The molecule has 0 radical (unpaired) electrons. The molecule has 1 heterocycles. The molecule has 0 bridgehead atoms. The standard InChI is InChI=1S/C17H27NO3/c1-15-7-9-18(10-8-15)11-12-20-13-14-21-17-6-4-3-5-16(17)19-2/h3-6,15H,7-14H2,1-2H3. The minimum absolute atomic E-state index is 0.553. The van der Waals surface area contributed by atoms with Crippen molar-refractivity contribution in [1.29, 1.82) is 0 Å². The quantitative estimate of drug-likeness (QED) is 0.690. The summed E-state index contributed by atoms with van der Waals surface area (Å²) in [5.74, 6) is 2.42. The summed E-state index contributed by atoms with van der Waals surface area (Å²) >= 11 is 0. The lowest BCUT2D eigenvalue weighted by Gasteiger charge is -2.29. The Labute approximate surface area is 128 Å². The van der Waals surface area contributed by atoms with Gasteiger partial charge < -0.3 is 19.1 Å². The van der Waals surface area contributed by atoms with Crippen molar-refractivity contribution in [2.45, 2.75) is 19.8 Å². The van der Waals surface area contributed by atoms with Crippen LogP contribution in [0.1, 0.15) is 19.8 Å². The van der Waals surface area contributed by atoms with E-state index in [9.17, 15) is 0 Å². The zero-order chi connectivity index (χ0) is 14.9. The van der Waals surface area contributed by atoms with Crippen molar-refractivity contribution >= 4 is 0 Å². The molecule has 1 aliphatic heterocycles. The molecule has 0 aliphatic carbocycles. The van der Waals surface area contributed by atoms with Gasteiger partial charge in [-0.05, 0) is 44.0 Å². The highest BCUT2D eigenvalue weighted by Crippen LogP contribution is 2.25. The Bertz CT molecular complexity index is 403. The second-order valence-corrected chi connectivity index (χ2v) is 5.64. The number of rotatable bonds is 8. The van der Waals surface area contributed by atoms with Crippen LogP contribution in [0.4, 0.5) is 0 Å². The van der Waals surface area contributed by atoms with Crippen LogP contribution in [0.15, 0.2) is 24.3 Å². The Morgan fingerprint density at radius 2 is 1.76 bits per heavy atom. The molecule has 0 amide bonds. The van der Waals surface area contributed by atoms with Crippen molar-refractivity contribution in [3.8, 4) is 11.5 Å². The first-order valence-electron chi connectivity index (χ1n) is 7.85. The molecule has 0 aromatic heterocycles. The molecule has 0 saturated carbocycles. The molecule has 0 N–H and O–H groups in total. The Morgan fingerprint density at radius 3 is 2.48 bits per heavy atom. The molecule has 2 rings (SSSR count). The SMILES string of the molecule is COc1ccccc1OCCOCCN1CCC(C)CC1. The average Bonchev–Trinajstić information content (AvgIpc) is 2.53. The van der Waals surface area contributed by atoms with E-state index in [0.717, 1.165) is 30.6 Å². The molecular weight excluding hydrogens is 266 g/mol. The van der Waals surface area contributed by atoms with Crippen LogP contribution >= 0.6 is 0 Å². The van der Waals surface area contributed by atoms with Crippen molar-refractivity contribution in [2.24, 2.45) is 5.92 Å². The average molecular weight is 293 g/mol. The fourth-order valence-corrected chi connectivity index (χ4v) is 2.53. The van der Waals surface area contributed by atoms with Gasteiger partial charge in [0.1, 0.15) is 6.61 Å². The molecule has 1 saturated heterocycles. The third-order valence-electron chi connectivity index (χ3n) is 3.98. The molecule has 4 heteroatoms. The van der Waals surface area contributed by atoms with Gasteiger partial charge in [-0.1, -0.05) is 19.1 Å². The lowest BCUT2D eigenvalue weighted by Crippen LogP contribution is -2.35. The number of piperidine rings is 1. The second-order valence-electron chi connectivity index (χ2n) is 5.64. The van der Waals surface area contributed by atoms with Crippen LogP contribution in [0.5, 0.6) is 11.5 Å². The normalized spacial score (nSPS) is 16.9. The van der Waals surface area contributed by atoms with Crippen molar-refractivity contribution < 1.29 is 14.2 Å². The fraction of sp³-hybridized carbons (Fsp3) is 0.647. The Balaban J connectivity index is 1.54. The zero-order valence-corrected chi connectivity index (χ0v) is 13.2. The van der Waals surface area contributed by atoms with Crippen LogP contribution < -0.4 is 9.47 Å². The lowest BCUT2D eigenvalue weighted by atomic mass is 9.99. The van der Waals surface area contributed by atoms with Crippen molar-refractivity contribution in [1.82, 2.24) is 4.90 Å². The molecule has 4 nitrogen and oxygen atoms in total. The van der Waals surface area contributed by atoms with Gasteiger partial charge in [0.15, 0.2) is 11.5 Å². The van der Waals surface area contributed by atoms with E-state index in [-0.39, 0.29) is 0 Å². The van der Waals surface area contributed by atoms with Gasteiger partial charge >= 0.3 is 0 Å². The Morgan fingerprint density at radius 1 is 1.05 bits per heavy atom. The maximum absolute atomic E-state index is 5.67. The maximum atomic E-state index is 5.67. The third kappa shape index (κ3) is 5.56. The van der Waals surface area contributed by atoms with Gasteiger partial charge in [0.2, 0.25) is 0 Å². The number of para-hydroxylation sites is 2. The summed E-state index contributed by atoms with van der Waals surface area (Å²) < 4.78 is 16.6. The second kappa shape index (κ2) is 8.90. The van der Waals surface area contributed by atoms with Crippen molar-refractivity contribution in [3.63, 3.8) is 0 Å². The fourth-order valence-electron chi connectivity index (χ4n) is 2.53. The van der Waals surface area contributed by atoms with Gasteiger partial charge in [-0.15, -0.1) is 0 Å². The van der Waals surface area contributed by atoms with Crippen LogP contribution in [-0.4, -0.2) is 51.5 Å². The number of hydrogen-bond donors (Lipinski definition) is 0. The molecular formula is C17H27NO3. The molecule has 0 unspecified atom stereocenters. The van der Waals surface area contributed by atoms with Gasteiger partial charge in [-0.2, -0.15) is 0 Å².